The van der Waals surface area contributed by atoms with Crippen LogP contribution in [0.2, 0.25) is 0 Å². The van der Waals surface area contributed by atoms with Crippen LogP contribution in [0.25, 0.3) is 0 Å². The molecule has 2 aliphatic carbocycles. The summed E-state index contributed by atoms with van der Waals surface area (Å²) in [7, 11) is 0. The number of hydrogen-bond acceptors (Lipinski definition) is 3. The lowest BCUT2D eigenvalue weighted by Gasteiger charge is -2.29. The minimum Gasteiger partial charge on any atom is -0.388 e. The monoisotopic (exact) mass is 419 g/mol. The van der Waals surface area contributed by atoms with Crippen LogP contribution in [-0.4, -0.2) is 55.0 Å². The standard InChI is InChI=1S/C24H45N5O/c1-4-29(5-2)23(30)19-20(3)25-17-12-18-26-24(27-21-13-8-6-9-14-21)28-22-15-10-7-11-16-22/h19,21-22,25H,4-18H2,1-3H3,(H2,26,27,28). The molecule has 30 heavy (non-hydrogen) atoms. The first-order valence-corrected chi connectivity index (χ1v) is 12.4. The van der Waals surface area contributed by atoms with Crippen LogP contribution >= 0.6 is 0 Å². The van der Waals surface area contributed by atoms with Gasteiger partial charge in [-0.25, -0.2) is 0 Å². The number of nitrogens with one attached hydrogen (secondary N) is 3. The van der Waals surface area contributed by atoms with Crippen LogP contribution < -0.4 is 16.0 Å². The molecule has 0 heterocycles. The first-order chi connectivity index (χ1) is 14.6. The van der Waals surface area contributed by atoms with Crippen LogP contribution in [0, 0.1) is 0 Å². The normalized spacial score (nSPS) is 18.6. The maximum Gasteiger partial charge on any atom is 0.248 e. The molecule has 0 aromatic rings. The Balaban J connectivity index is 1.78. The number of amides is 1. The Hall–Kier alpha value is -1.72. The number of allylic oxidation sites excluding steroid dienone is 1. The van der Waals surface area contributed by atoms with Crippen molar-refractivity contribution in [3.05, 3.63) is 11.8 Å². The number of rotatable bonds is 10. The van der Waals surface area contributed by atoms with E-state index in [0.29, 0.717) is 12.1 Å². The zero-order chi connectivity index (χ0) is 21.6. The van der Waals surface area contributed by atoms with Crippen LogP contribution in [0.3, 0.4) is 0 Å². The number of aliphatic imine (C=N–C) groups is 1. The van der Waals surface area contributed by atoms with E-state index < -0.39 is 0 Å². The molecule has 2 aliphatic rings. The molecule has 1 amide bonds. The number of carbonyl (C=O) groups excluding carboxylic acids is 1. The van der Waals surface area contributed by atoms with Gasteiger partial charge in [0, 0.05) is 50.0 Å². The highest BCUT2D eigenvalue weighted by molar-refractivity contribution is 5.88. The largest absolute Gasteiger partial charge is 0.388 e. The van der Waals surface area contributed by atoms with Gasteiger partial charge in [-0.1, -0.05) is 38.5 Å². The van der Waals surface area contributed by atoms with Gasteiger partial charge in [0.25, 0.3) is 0 Å². The zero-order valence-electron chi connectivity index (χ0n) is 19.6. The molecule has 6 heteroatoms. The lowest BCUT2D eigenvalue weighted by atomic mass is 9.95. The average molecular weight is 420 g/mol. The van der Waals surface area contributed by atoms with Gasteiger partial charge < -0.3 is 20.9 Å². The number of carbonyl (C=O) groups is 1. The van der Waals surface area contributed by atoms with Crippen molar-refractivity contribution in [3.63, 3.8) is 0 Å². The Bertz CT molecular complexity index is 522. The van der Waals surface area contributed by atoms with E-state index in [1.54, 1.807) is 6.08 Å². The summed E-state index contributed by atoms with van der Waals surface area (Å²) >= 11 is 0. The molecule has 0 radical (unpaired) electrons. The maximum atomic E-state index is 12.1. The Morgan fingerprint density at radius 2 is 1.47 bits per heavy atom. The fourth-order valence-electron chi connectivity index (χ4n) is 4.43. The molecule has 0 spiro atoms. The van der Waals surface area contributed by atoms with Crippen molar-refractivity contribution >= 4 is 11.9 Å². The smallest absolute Gasteiger partial charge is 0.248 e. The molecule has 2 saturated carbocycles. The van der Waals surface area contributed by atoms with Gasteiger partial charge in [0.15, 0.2) is 5.96 Å². The molecule has 0 bridgehead atoms. The van der Waals surface area contributed by atoms with Crippen molar-refractivity contribution in [1.29, 1.82) is 0 Å². The first kappa shape index (κ1) is 24.5. The highest BCUT2D eigenvalue weighted by Crippen LogP contribution is 2.19. The van der Waals surface area contributed by atoms with Crippen molar-refractivity contribution in [1.82, 2.24) is 20.9 Å². The van der Waals surface area contributed by atoms with Gasteiger partial charge in [0.05, 0.1) is 0 Å². The van der Waals surface area contributed by atoms with Crippen molar-refractivity contribution in [2.45, 2.75) is 103 Å². The van der Waals surface area contributed by atoms with E-state index in [-0.39, 0.29) is 5.91 Å². The molecule has 0 aromatic heterocycles. The maximum absolute atomic E-state index is 12.1. The zero-order valence-corrected chi connectivity index (χ0v) is 19.6. The summed E-state index contributed by atoms with van der Waals surface area (Å²) in [5.74, 6) is 1.09. The Kier molecular flexibility index (Phi) is 11.7. The highest BCUT2D eigenvalue weighted by Gasteiger charge is 2.18. The minimum atomic E-state index is 0.0821. The summed E-state index contributed by atoms with van der Waals surface area (Å²) < 4.78 is 0. The lowest BCUT2D eigenvalue weighted by molar-refractivity contribution is -0.125. The topological polar surface area (TPSA) is 68.8 Å². The van der Waals surface area contributed by atoms with Gasteiger partial charge in [0.1, 0.15) is 0 Å². The third-order valence-electron chi connectivity index (χ3n) is 6.32. The molecule has 0 aromatic carbocycles. The predicted octanol–water partition coefficient (Wildman–Crippen LogP) is 3.94. The number of nitrogens with zero attached hydrogens (tertiary/aromatic N) is 2. The van der Waals surface area contributed by atoms with Crippen LogP contribution in [0.1, 0.15) is 91.4 Å². The SMILES string of the molecule is CCN(CC)C(=O)C=C(C)NCCCN=C(NC1CCCCC1)NC1CCCCC1. The van der Waals surface area contributed by atoms with Gasteiger partial charge in [0.2, 0.25) is 5.91 Å². The van der Waals surface area contributed by atoms with Gasteiger partial charge in [-0.2, -0.15) is 0 Å². The molecule has 172 valence electrons. The number of likely N-dealkylation sites (N-methyl/N-ethyl adjacent to an activating group) is 1. The summed E-state index contributed by atoms with van der Waals surface area (Å²) in [5, 5.41) is 10.8. The van der Waals surface area contributed by atoms with Crippen LogP contribution in [0.5, 0.6) is 0 Å². The average Bonchev–Trinajstić information content (AvgIpc) is 2.75. The number of hydrogen-bond donors (Lipinski definition) is 3. The second kappa shape index (κ2) is 14.3. The van der Waals surface area contributed by atoms with Crippen LogP contribution in [-0.2, 0) is 4.79 Å². The summed E-state index contributed by atoms with van der Waals surface area (Å²) in [5.41, 5.74) is 0.928. The Morgan fingerprint density at radius 1 is 0.933 bits per heavy atom. The molecule has 0 aliphatic heterocycles. The Morgan fingerprint density at radius 3 is 1.97 bits per heavy atom. The minimum absolute atomic E-state index is 0.0821. The molecular weight excluding hydrogens is 374 g/mol. The van der Waals surface area contributed by atoms with E-state index >= 15 is 0 Å². The third-order valence-corrected chi connectivity index (χ3v) is 6.32. The first-order valence-electron chi connectivity index (χ1n) is 12.4. The highest BCUT2D eigenvalue weighted by atomic mass is 16.2. The second-order valence-electron chi connectivity index (χ2n) is 8.81. The lowest BCUT2D eigenvalue weighted by Crippen LogP contribution is -2.48. The summed E-state index contributed by atoms with van der Waals surface area (Å²) in [6.45, 7) is 9.10. The second-order valence-corrected chi connectivity index (χ2v) is 8.81. The van der Waals surface area contributed by atoms with E-state index in [0.717, 1.165) is 44.3 Å². The summed E-state index contributed by atoms with van der Waals surface area (Å²) in [4.78, 5) is 18.9. The fraction of sp³-hybridized carbons (Fsp3) is 0.833. The molecule has 0 unspecified atom stereocenters. The molecule has 3 N–H and O–H groups in total. The summed E-state index contributed by atoms with van der Waals surface area (Å²) in [6, 6.07) is 1.14. The quantitative estimate of drug-likeness (QED) is 0.217. The Labute approximate surface area is 184 Å². The molecule has 2 fully saturated rings. The van der Waals surface area contributed by atoms with E-state index in [9.17, 15) is 4.79 Å². The van der Waals surface area contributed by atoms with E-state index in [2.05, 4.69) is 16.0 Å². The summed E-state index contributed by atoms with van der Waals surface area (Å²) in [6.07, 6.45) is 15.8. The predicted molar refractivity (Wildman–Crippen MR) is 127 cm³/mol. The van der Waals surface area contributed by atoms with E-state index in [1.807, 2.05) is 25.7 Å². The molecule has 6 nitrogen and oxygen atoms in total. The molecule has 0 atom stereocenters. The number of guanidine groups is 1. The van der Waals surface area contributed by atoms with Gasteiger partial charge >= 0.3 is 0 Å². The van der Waals surface area contributed by atoms with Gasteiger partial charge in [-0.15, -0.1) is 0 Å². The van der Waals surface area contributed by atoms with Gasteiger partial charge in [-0.05, 0) is 52.9 Å². The van der Waals surface area contributed by atoms with Crippen molar-refractivity contribution < 1.29 is 4.79 Å². The van der Waals surface area contributed by atoms with Crippen molar-refractivity contribution in [3.8, 4) is 0 Å². The van der Waals surface area contributed by atoms with Crippen LogP contribution in [0.15, 0.2) is 16.8 Å². The molecular formula is C24H45N5O. The van der Waals surface area contributed by atoms with Gasteiger partial charge in [-0.3, -0.25) is 9.79 Å². The van der Waals surface area contributed by atoms with Crippen LogP contribution in [0.4, 0.5) is 0 Å². The molecule has 0 saturated heterocycles. The van der Waals surface area contributed by atoms with E-state index in [4.69, 9.17) is 4.99 Å². The third kappa shape index (κ3) is 9.40. The van der Waals surface area contributed by atoms with Crippen molar-refractivity contribution in [2.75, 3.05) is 26.2 Å². The fourth-order valence-corrected chi connectivity index (χ4v) is 4.43. The van der Waals surface area contributed by atoms with Crippen molar-refractivity contribution in [2.24, 2.45) is 4.99 Å². The van der Waals surface area contributed by atoms with E-state index in [1.165, 1.54) is 64.2 Å². The molecule has 2 rings (SSSR count).